The number of Topliss-reactive ketones (excluding diaryl/α,β-unsaturated/α-hetero) is 1. The third kappa shape index (κ3) is 21.3. The Labute approximate surface area is 402 Å². The molecule has 0 spiro atoms. The van der Waals surface area contributed by atoms with Crippen LogP contribution < -0.4 is 5.32 Å². The van der Waals surface area contributed by atoms with Crippen molar-refractivity contribution in [2.45, 2.75) is 39.0 Å². The summed E-state index contributed by atoms with van der Waals surface area (Å²) >= 11 is 0. The van der Waals surface area contributed by atoms with Gasteiger partial charge in [-0.2, -0.15) is 0 Å². The number of pyridine rings is 4. The van der Waals surface area contributed by atoms with Crippen molar-refractivity contribution in [3.05, 3.63) is 120 Å². The molecule has 0 aliphatic carbocycles. The summed E-state index contributed by atoms with van der Waals surface area (Å²) in [6.45, 7) is 7.14. The van der Waals surface area contributed by atoms with E-state index in [0.717, 1.165) is 22.8 Å². The van der Waals surface area contributed by atoms with Crippen LogP contribution in [0.3, 0.4) is 0 Å². The maximum absolute atomic E-state index is 13.5. The molecule has 0 aromatic carbocycles. The van der Waals surface area contributed by atoms with Crippen LogP contribution in [0.15, 0.2) is 97.6 Å². The van der Waals surface area contributed by atoms with Gasteiger partial charge in [-0.15, -0.1) is 0 Å². The molecule has 4 aromatic rings. The molecule has 1 saturated heterocycles. The molecule has 0 atom stereocenters. The van der Waals surface area contributed by atoms with E-state index in [4.69, 9.17) is 0 Å². The van der Waals surface area contributed by atoms with Gasteiger partial charge in [0.2, 0.25) is 5.91 Å². The number of aliphatic carboxylic acids is 2. The van der Waals surface area contributed by atoms with Gasteiger partial charge >= 0.3 is 11.9 Å². The fraction of sp³-hybridized carbons (Fsp3) is 0.467. The van der Waals surface area contributed by atoms with E-state index in [9.17, 15) is 29.4 Å². The van der Waals surface area contributed by atoms with Crippen molar-refractivity contribution in [1.82, 2.24) is 54.7 Å². The summed E-state index contributed by atoms with van der Waals surface area (Å²) in [5.74, 6) is -2.03. The van der Waals surface area contributed by atoms with Crippen LogP contribution in [0, 0.1) is 39.9 Å². The molecule has 63 heavy (non-hydrogen) atoms. The monoisotopic (exact) mass is 1010 g/mol. The number of ketones is 1. The first-order valence-electron chi connectivity index (χ1n) is 21.3. The molecule has 18 heteroatoms. The van der Waals surface area contributed by atoms with Crippen LogP contribution in [0.5, 0.6) is 0 Å². The maximum Gasteiger partial charge on any atom is 0.317 e. The molecule has 1 amide bonds. The van der Waals surface area contributed by atoms with Crippen molar-refractivity contribution in [3.63, 3.8) is 0 Å². The van der Waals surface area contributed by atoms with E-state index in [1.165, 1.54) is 0 Å². The van der Waals surface area contributed by atoms with Gasteiger partial charge < -0.3 is 15.5 Å². The van der Waals surface area contributed by atoms with Crippen molar-refractivity contribution in [1.29, 1.82) is 0 Å². The fourth-order valence-corrected chi connectivity index (χ4v) is 7.35. The molecule has 1 aliphatic rings. The first-order chi connectivity index (χ1) is 30.2. The number of carboxylic acid groups (broad SMARTS) is 2. The van der Waals surface area contributed by atoms with Gasteiger partial charge in [-0.25, -0.2) is 0 Å². The molecular weight excluding hydrogens is 948 g/mol. The molecule has 340 valence electrons. The molecule has 1 aliphatic heterocycles. The van der Waals surface area contributed by atoms with Gasteiger partial charge in [0.05, 0.1) is 49.0 Å². The SMILES string of the molecule is O=C(O)CN1CCN(CC(=O)CCCN(Cc2ccccn2)Cc2ccccn2)CCN(CC(=O)O)CCN(CC(=O)NCCN(Cc2ccccn2)Cc2ccccn2)CC1.[Gd]. The Morgan fingerprint density at radius 2 is 0.857 bits per heavy atom. The summed E-state index contributed by atoms with van der Waals surface area (Å²) in [7, 11) is 0. The van der Waals surface area contributed by atoms with E-state index < -0.39 is 11.9 Å². The van der Waals surface area contributed by atoms with Gasteiger partial charge in [0, 0.05) is 163 Å². The first kappa shape index (κ1) is 51.4. The molecule has 0 unspecified atom stereocenters. The summed E-state index contributed by atoms with van der Waals surface area (Å²) < 4.78 is 0. The van der Waals surface area contributed by atoms with E-state index in [1.807, 2.05) is 92.4 Å². The Morgan fingerprint density at radius 1 is 0.508 bits per heavy atom. The maximum atomic E-state index is 13.5. The Kier molecular flexibility index (Phi) is 23.9. The van der Waals surface area contributed by atoms with Crippen molar-refractivity contribution < 1.29 is 69.3 Å². The number of aromatic nitrogens is 4. The third-order valence-electron chi connectivity index (χ3n) is 10.5. The quantitative estimate of drug-likeness (QED) is 0.0975. The molecule has 3 N–H and O–H groups in total. The van der Waals surface area contributed by atoms with E-state index in [2.05, 4.69) is 35.1 Å². The summed E-state index contributed by atoms with van der Waals surface area (Å²) in [6, 6.07) is 23.2. The van der Waals surface area contributed by atoms with Crippen molar-refractivity contribution in [2.24, 2.45) is 0 Å². The molecule has 0 saturated carbocycles. The molecule has 5 rings (SSSR count). The minimum atomic E-state index is -0.960. The van der Waals surface area contributed by atoms with Gasteiger partial charge in [-0.05, 0) is 61.5 Å². The summed E-state index contributed by atoms with van der Waals surface area (Å²) in [6.07, 6.45) is 8.06. The number of carbonyl (C=O) groups excluding carboxylic acids is 2. The fourth-order valence-electron chi connectivity index (χ4n) is 7.35. The van der Waals surface area contributed by atoms with Crippen molar-refractivity contribution >= 4 is 23.6 Å². The van der Waals surface area contributed by atoms with E-state index in [0.29, 0.717) is 111 Å². The van der Waals surface area contributed by atoms with Crippen molar-refractivity contribution in [3.8, 4) is 0 Å². The molecule has 1 fully saturated rings. The number of carbonyl (C=O) groups is 4. The Bertz CT molecular complexity index is 1690. The molecule has 4 aromatic heterocycles. The minimum absolute atomic E-state index is 0. The minimum Gasteiger partial charge on any atom is -0.480 e. The average molecular weight is 1010 g/mol. The van der Waals surface area contributed by atoms with Crippen LogP contribution in [-0.4, -0.2) is 181 Å². The second kappa shape index (κ2) is 29.3. The first-order valence-corrected chi connectivity index (χ1v) is 21.3. The predicted octanol–water partition coefficient (Wildman–Crippen LogP) is 1.83. The topological polar surface area (TPSA) is 192 Å². The average Bonchev–Trinajstić information content (AvgIpc) is 3.25. The van der Waals surface area contributed by atoms with E-state index >= 15 is 0 Å². The van der Waals surface area contributed by atoms with Gasteiger partial charge in [0.25, 0.3) is 0 Å². The van der Waals surface area contributed by atoms with Gasteiger partial charge in [-0.1, -0.05) is 24.3 Å². The smallest absolute Gasteiger partial charge is 0.317 e. The largest absolute Gasteiger partial charge is 0.480 e. The zero-order chi connectivity index (χ0) is 43.8. The normalized spacial score (nSPS) is 15.0. The number of rotatable bonds is 23. The van der Waals surface area contributed by atoms with Crippen LogP contribution in [-0.2, 0) is 45.4 Å². The number of amides is 1. The zero-order valence-corrected chi connectivity index (χ0v) is 38.2. The number of hydrogen-bond donors (Lipinski definition) is 3. The Morgan fingerprint density at radius 3 is 1.21 bits per heavy atom. The Hall–Kier alpha value is -4.24. The van der Waals surface area contributed by atoms with Gasteiger partial charge in [0.1, 0.15) is 5.78 Å². The van der Waals surface area contributed by atoms with Crippen LogP contribution in [0.4, 0.5) is 0 Å². The number of nitrogens with zero attached hydrogens (tertiary/aromatic N) is 10. The zero-order valence-electron chi connectivity index (χ0n) is 35.9. The molecule has 5 heterocycles. The van der Waals surface area contributed by atoms with Gasteiger partial charge in [0.15, 0.2) is 0 Å². The predicted molar refractivity (Wildman–Crippen MR) is 233 cm³/mol. The summed E-state index contributed by atoms with van der Waals surface area (Å²) in [5.41, 5.74) is 3.69. The number of hydrogen-bond acceptors (Lipinski definition) is 14. The number of nitrogens with one attached hydrogen (secondary N) is 1. The van der Waals surface area contributed by atoms with Crippen LogP contribution in [0.2, 0.25) is 0 Å². The number of carboxylic acids is 2. The summed E-state index contributed by atoms with van der Waals surface area (Å²) in [4.78, 5) is 80.7. The molecule has 0 radical (unpaired) electrons. The standard InChI is InChI=1S/C45H61N11O6.Gd/c57-42(14-9-20-55(30-38-10-1-5-15-46-38)31-39-11-2-6-16-47-39)34-51-22-26-53(36-44(59)60)28-24-52(25-29-54(27-23-51)37-45(61)62)35-43(58)50-19-21-56(32-40-12-3-7-17-48-40)33-41-13-4-8-18-49-41;/h1-8,10-13,15-18H,9,14,19-37H2,(H,50,58)(H,59,60)(H,61,62);. The Balaban J connectivity index is 0.00000871. The molecular formula is C45H61GdN11O6. The summed E-state index contributed by atoms with van der Waals surface area (Å²) in [5, 5.41) is 22.6. The van der Waals surface area contributed by atoms with Crippen LogP contribution >= 0.6 is 0 Å². The van der Waals surface area contributed by atoms with Gasteiger partial charge in [-0.3, -0.25) is 68.5 Å². The third-order valence-corrected chi connectivity index (χ3v) is 10.5. The van der Waals surface area contributed by atoms with Crippen LogP contribution in [0.25, 0.3) is 0 Å². The van der Waals surface area contributed by atoms with Crippen LogP contribution in [0.1, 0.15) is 35.6 Å². The molecule has 17 nitrogen and oxygen atoms in total. The molecule has 0 bridgehead atoms. The van der Waals surface area contributed by atoms with Crippen molar-refractivity contribution in [2.75, 3.05) is 98.2 Å². The van der Waals surface area contributed by atoms with E-state index in [-0.39, 0.29) is 77.8 Å². The van der Waals surface area contributed by atoms with E-state index in [1.54, 1.807) is 24.8 Å². The second-order valence-corrected chi connectivity index (χ2v) is 15.6. The second-order valence-electron chi connectivity index (χ2n) is 15.6.